The molecule has 0 atom stereocenters. The van der Waals surface area contributed by atoms with E-state index in [1.807, 2.05) is 30.3 Å². The zero-order valence-corrected chi connectivity index (χ0v) is 11.9. The highest BCUT2D eigenvalue weighted by Crippen LogP contribution is 2.47. The summed E-state index contributed by atoms with van der Waals surface area (Å²) in [6, 6.07) is 12.6. The standard InChI is InChI=1S/C17H16F2N2O/c18-13-6-7-15(14(19)10-13)21-16(22)20-11-17(8-9-17)12-4-2-1-3-5-12/h1-7,10H,8-9,11H2,(H2,20,21,22). The Kier molecular flexibility index (Phi) is 3.79. The summed E-state index contributed by atoms with van der Waals surface area (Å²) >= 11 is 0. The van der Waals surface area contributed by atoms with Crippen LogP contribution in [0.25, 0.3) is 0 Å². The minimum absolute atomic E-state index is 0.0139. The molecule has 0 aliphatic heterocycles. The van der Waals surface area contributed by atoms with Gasteiger partial charge in [-0.3, -0.25) is 0 Å². The number of anilines is 1. The van der Waals surface area contributed by atoms with Gasteiger partial charge < -0.3 is 10.6 Å². The molecule has 0 radical (unpaired) electrons. The maximum atomic E-state index is 13.5. The van der Waals surface area contributed by atoms with Crippen LogP contribution in [0.4, 0.5) is 19.3 Å². The van der Waals surface area contributed by atoms with E-state index < -0.39 is 17.7 Å². The number of amides is 2. The van der Waals surface area contributed by atoms with Crippen LogP contribution in [0.5, 0.6) is 0 Å². The van der Waals surface area contributed by atoms with Gasteiger partial charge in [0.05, 0.1) is 5.69 Å². The fourth-order valence-electron chi connectivity index (χ4n) is 2.52. The number of carbonyl (C=O) groups excluding carboxylic acids is 1. The van der Waals surface area contributed by atoms with Gasteiger partial charge in [0.15, 0.2) is 0 Å². The van der Waals surface area contributed by atoms with Crippen LogP contribution in [-0.2, 0) is 5.41 Å². The van der Waals surface area contributed by atoms with E-state index in [9.17, 15) is 13.6 Å². The van der Waals surface area contributed by atoms with Crippen molar-refractivity contribution in [1.82, 2.24) is 5.32 Å². The third kappa shape index (κ3) is 3.08. The minimum Gasteiger partial charge on any atom is -0.337 e. The average Bonchev–Trinajstić information content (AvgIpc) is 3.30. The van der Waals surface area contributed by atoms with Crippen LogP contribution in [0.3, 0.4) is 0 Å². The second-order valence-corrected chi connectivity index (χ2v) is 5.58. The Hall–Kier alpha value is -2.43. The van der Waals surface area contributed by atoms with Gasteiger partial charge in [0, 0.05) is 18.0 Å². The molecule has 3 nitrogen and oxygen atoms in total. The van der Waals surface area contributed by atoms with Crippen LogP contribution in [0.1, 0.15) is 18.4 Å². The summed E-state index contributed by atoms with van der Waals surface area (Å²) in [5.41, 5.74) is 1.15. The zero-order chi connectivity index (χ0) is 15.6. The number of carbonyl (C=O) groups is 1. The predicted octanol–water partition coefficient (Wildman–Crippen LogP) is 3.82. The van der Waals surface area contributed by atoms with E-state index >= 15 is 0 Å². The van der Waals surface area contributed by atoms with Gasteiger partial charge in [-0.25, -0.2) is 13.6 Å². The van der Waals surface area contributed by atoms with Crippen molar-refractivity contribution in [2.24, 2.45) is 0 Å². The Morgan fingerprint density at radius 1 is 1.09 bits per heavy atom. The highest BCUT2D eigenvalue weighted by molar-refractivity contribution is 5.89. The molecule has 2 aromatic carbocycles. The summed E-state index contributed by atoms with van der Waals surface area (Å²) < 4.78 is 26.3. The highest BCUT2D eigenvalue weighted by Gasteiger charge is 2.44. The van der Waals surface area contributed by atoms with Crippen molar-refractivity contribution in [3.05, 3.63) is 65.7 Å². The molecule has 2 aromatic rings. The number of hydrogen-bond acceptors (Lipinski definition) is 1. The highest BCUT2D eigenvalue weighted by atomic mass is 19.1. The van der Waals surface area contributed by atoms with E-state index in [-0.39, 0.29) is 11.1 Å². The topological polar surface area (TPSA) is 41.1 Å². The first-order valence-corrected chi connectivity index (χ1v) is 7.15. The smallest absolute Gasteiger partial charge is 0.319 e. The molecule has 1 saturated carbocycles. The number of nitrogens with one attached hydrogen (secondary N) is 2. The molecule has 0 spiro atoms. The molecule has 22 heavy (non-hydrogen) atoms. The molecule has 1 fully saturated rings. The SMILES string of the molecule is O=C(NCC1(c2ccccc2)CC1)Nc1ccc(F)cc1F. The van der Waals surface area contributed by atoms with E-state index in [1.165, 1.54) is 11.6 Å². The zero-order valence-electron chi connectivity index (χ0n) is 11.9. The Balaban J connectivity index is 1.59. The van der Waals surface area contributed by atoms with Crippen LogP contribution >= 0.6 is 0 Å². The first-order valence-electron chi connectivity index (χ1n) is 7.15. The van der Waals surface area contributed by atoms with Gasteiger partial charge in [-0.1, -0.05) is 30.3 Å². The number of rotatable bonds is 4. The van der Waals surface area contributed by atoms with Crippen molar-refractivity contribution in [3.8, 4) is 0 Å². The quantitative estimate of drug-likeness (QED) is 0.885. The van der Waals surface area contributed by atoms with Crippen LogP contribution in [-0.4, -0.2) is 12.6 Å². The summed E-state index contributed by atoms with van der Waals surface area (Å²) in [4.78, 5) is 11.9. The lowest BCUT2D eigenvalue weighted by atomic mass is 9.96. The van der Waals surface area contributed by atoms with Crippen molar-refractivity contribution >= 4 is 11.7 Å². The van der Waals surface area contributed by atoms with E-state index in [0.717, 1.165) is 25.0 Å². The Morgan fingerprint density at radius 2 is 1.82 bits per heavy atom. The molecule has 0 aromatic heterocycles. The first kappa shape index (κ1) is 14.5. The largest absolute Gasteiger partial charge is 0.337 e. The third-order valence-electron chi connectivity index (χ3n) is 4.01. The molecule has 0 saturated heterocycles. The van der Waals surface area contributed by atoms with Crippen LogP contribution in [0, 0.1) is 11.6 Å². The molecular weight excluding hydrogens is 286 g/mol. The van der Waals surface area contributed by atoms with Crippen LogP contribution in [0.2, 0.25) is 0 Å². The summed E-state index contributed by atoms with van der Waals surface area (Å²) in [5, 5.41) is 5.16. The van der Waals surface area contributed by atoms with Gasteiger partial charge in [-0.15, -0.1) is 0 Å². The third-order valence-corrected chi connectivity index (χ3v) is 4.01. The normalized spacial score (nSPS) is 15.2. The van der Waals surface area contributed by atoms with Gasteiger partial charge in [0.1, 0.15) is 11.6 Å². The second kappa shape index (κ2) is 5.75. The maximum absolute atomic E-state index is 13.5. The van der Waals surface area contributed by atoms with Gasteiger partial charge in [-0.05, 0) is 30.5 Å². The minimum atomic E-state index is -0.792. The molecule has 114 valence electrons. The summed E-state index contributed by atoms with van der Waals surface area (Å²) in [6.07, 6.45) is 2.03. The number of hydrogen-bond donors (Lipinski definition) is 2. The molecule has 0 unspecified atom stereocenters. The second-order valence-electron chi connectivity index (χ2n) is 5.58. The lowest BCUT2D eigenvalue weighted by Gasteiger charge is -2.17. The number of benzene rings is 2. The Labute approximate surface area is 127 Å². The number of halogens is 2. The predicted molar refractivity (Wildman–Crippen MR) is 80.7 cm³/mol. The Morgan fingerprint density at radius 3 is 2.45 bits per heavy atom. The summed E-state index contributed by atoms with van der Waals surface area (Å²) in [5.74, 6) is -1.47. The molecule has 5 heteroatoms. The van der Waals surface area contributed by atoms with Crippen molar-refractivity contribution in [1.29, 1.82) is 0 Å². The number of urea groups is 1. The fourth-order valence-corrected chi connectivity index (χ4v) is 2.52. The van der Waals surface area contributed by atoms with Crippen LogP contribution < -0.4 is 10.6 Å². The molecular formula is C17H16F2N2O. The Bertz CT molecular complexity index is 684. The molecule has 0 bridgehead atoms. The molecule has 2 amide bonds. The van der Waals surface area contributed by atoms with Gasteiger partial charge in [0.2, 0.25) is 0 Å². The van der Waals surface area contributed by atoms with E-state index in [1.54, 1.807) is 0 Å². The van der Waals surface area contributed by atoms with Crippen LogP contribution in [0.15, 0.2) is 48.5 Å². The first-order chi connectivity index (χ1) is 10.6. The van der Waals surface area contributed by atoms with Crippen molar-refractivity contribution in [3.63, 3.8) is 0 Å². The molecule has 0 heterocycles. The molecule has 1 aliphatic rings. The molecule has 3 rings (SSSR count). The van der Waals surface area contributed by atoms with E-state index in [0.29, 0.717) is 6.54 Å². The molecule has 2 N–H and O–H groups in total. The maximum Gasteiger partial charge on any atom is 0.319 e. The van der Waals surface area contributed by atoms with Gasteiger partial charge in [-0.2, -0.15) is 0 Å². The van der Waals surface area contributed by atoms with Crippen molar-refractivity contribution < 1.29 is 13.6 Å². The lowest BCUT2D eigenvalue weighted by Crippen LogP contribution is -2.35. The van der Waals surface area contributed by atoms with Crippen molar-refractivity contribution in [2.75, 3.05) is 11.9 Å². The van der Waals surface area contributed by atoms with Crippen molar-refractivity contribution in [2.45, 2.75) is 18.3 Å². The van der Waals surface area contributed by atoms with E-state index in [2.05, 4.69) is 10.6 Å². The average molecular weight is 302 g/mol. The molecule has 1 aliphatic carbocycles. The summed E-state index contributed by atoms with van der Waals surface area (Å²) in [7, 11) is 0. The fraction of sp³-hybridized carbons (Fsp3) is 0.235. The van der Waals surface area contributed by atoms with Gasteiger partial charge >= 0.3 is 6.03 Å². The van der Waals surface area contributed by atoms with E-state index in [4.69, 9.17) is 0 Å². The monoisotopic (exact) mass is 302 g/mol. The lowest BCUT2D eigenvalue weighted by molar-refractivity contribution is 0.251. The van der Waals surface area contributed by atoms with Gasteiger partial charge in [0.25, 0.3) is 0 Å². The summed E-state index contributed by atoms with van der Waals surface area (Å²) in [6.45, 7) is 0.492.